The summed E-state index contributed by atoms with van der Waals surface area (Å²) in [7, 11) is -1.75. The van der Waals surface area contributed by atoms with Crippen LogP contribution in [0, 0.1) is 11.3 Å². The normalized spacial score (nSPS) is 19.1. The van der Waals surface area contributed by atoms with Gasteiger partial charge in [-0.2, -0.15) is 12.7 Å². The zero-order chi connectivity index (χ0) is 15.2. The third-order valence-electron chi connectivity index (χ3n) is 4.22. The number of hydrogen-bond acceptors (Lipinski definition) is 3. The van der Waals surface area contributed by atoms with Gasteiger partial charge in [0.25, 0.3) is 10.2 Å². The monoisotopic (exact) mass is 305 g/mol. The van der Waals surface area contributed by atoms with Crippen LogP contribution in [0.1, 0.15) is 52.4 Å². The predicted octanol–water partition coefficient (Wildman–Crippen LogP) is 1.71. The molecule has 1 aliphatic rings. The third kappa shape index (κ3) is 5.31. The van der Waals surface area contributed by atoms with Gasteiger partial charge >= 0.3 is 0 Å². The van der Waals surface area contributed by atoms with Crippen molar-refractivity contribution in [3.8, 4) is 0 Å². The highest BCUT2D eigenvalue weighted by Gasteiger charge is 2.35. The molecule has 120 valence electrons. The van der Waals surface area contributed by atoms with Crippen LogP contribution in [-0.4, -0.2) is 39.4 Å². The van der Waals surface area contributed by atoms with Gasteiger partial charge in [-0.15, -0.1) is 0 Å². The maximum atomic E-state index is 12.2. The summed E-state index contributed by atoms with van der Waals surface area (Å²) in [6.45, 7) is 5.98. The van der Waals surface area contributed by atoms with Crippen molar-refractivity contribution in [2.24, 2.45) is 17.1 Å². The molecule has 1 fully saturated rings. The Balaban J connectivity index is 2.58. The summed E-state index contributed by atoms with van der Waals surface area (Å²) in [4.78, 5) is 0. The van der Waals surface area contributed by atoms with E-state index in [2.05, 4.69) is 18.6 Å². The Morgan fingerprint density at radius 3 is 2.40 bits per heavy atom. The first-order valence-corrected chi connectivity index (χ1v) is 9.16. The summed E-state index contributed by atoms with van der Waals surface area (Å²) in [5.74, 6) is 0.604. The van der Waals surface area contributed by atoms with E-state index in [1.807, 2.05) is 0 Å². The Hall–Kier alpha value is -0.170. The molecular weight excluding hydrogens is 274 g/mol. The highest BCUT2D eigenvalue weighted by molar-refractivity contribution is 7.87. The molecule has 0 unspecified atom stereocenters. The van der Waals surface area contributed by atoms with E-state index in [0.717, 1.165) is 19.3 Å². The third-order valence-corrected chi connectivity index (χ3v) is 5.73. The number of rotatable bonds is 9. The zero-order valence-corrected chi connectivity index (χ0v) is 14.0. The molecule has 1 saturated carbocycles. The first-order valence-electron chi connectivity index (χ1n) is 7.72. The van der Waals surface area contributed by atoms with Gasteiger partial charge < -0.3 is 5.73 Å². The molecule has 1 aliphatic carbocycles. The van der Waals surface area contributed by atoms with Crippen LogP contribution >= 0.6 is 0 Å². The molecule has 5 nitrogen and oxygen atoms in total. The van der Waals surface area contributed by atoms with E-state index in [9.17, 15) is 8.42 Å². The van der Waals surface area contributed by atoms with Crippen molar-refractivity contribution in [3.63, 3.8) is 0 Å². The van der Waals surface area contributed by atoms with Gasteiger partial charge in [-0.1, -0.05) is 26.7 Å². The number of nitrogens with one attached hydrogen (secondary N) is 1. The van der Waals surface area contributed by atoms with E-state index in [1.165, 1.54) is 17.1 Å². The van der Waals surface area contributed by atoms with Gasteiger partial charge in [-0.3, -0.25) is 0 Å². The molecular formula is C14H31N3O2S. The summed E-state index contributed by atoms with van der Waals surface area (Å²) >= 11 is 0. The molecule has 0 aromatic carbocycles. The number of hydrogen-bond donors (Lipinski definition) is 2. The van der Waals surface area contributed by atoms with E-state index < -0.39 is 10.2 Å². The summed E-state index contributed by atoms with van der Waals surface area (Å²) < 4.78 is 28.6. The second kappa shape index (κ2) is 7.73. The van der Waals surface area contributed by atoms with E-state index in [-0.39, 0.29) is 5.41 Å². The van der Waals surface area contributed by atoms with Crippen LogP contribution in [0.3, 0.4) is 0 Å². The van der Waals surface area contributed by atoms with Crippen LogP contribution < -0.4 is 10.5 Å². The Bertz CT molecular complexity index is 376. The first-order chi connectivity index (χ1) is 9.31. The molecule has 6 heteroatoms. The quantitative estimate of drug-likeness (QED) is 0.681. The van der Waals surface area contributed by atoms with Gasteiger partial charge in [0.1, 0.15) is 0 Å². The fourth-order valence-electron chi connectivity index (χ4n) is 3.23. The van der Waals surface area contributed by atoms with Crippen molar-refractivity contribution in [1.29, 1.82) is 0 Å². The molecule has 0 bridgehead atoms. The highest BCUT2D eigenvalue weighted by atomic mass is 32.2. The second-order valence-electron chi connectivity index (χ2n) is 6.59. The molecule has 0 aliphatic heterocycles. The minimum atomic E-state index is -3.37. The van der Waals surface area contributed by atoms with Crippen LogP contribution in [0.4, 0.5) is 0 Å². The largest absolute Gasteiger partial charge is 0.330 e. The molecule has 0 aromatic heterocycles. The second-order valence-corrected chi connectivity index (χ2v) is 8.46. The summed E-state index contributed by atoms with van der Waals surface area (Å²) in [5, 5.41) is 0. The van der Waals surface area contributed by atoms with Gasteiger partial charge in [0, 0.05) is 20.1 Å². The van der Waals surface area contributed by atoms with Gasteiger partial charge in [-0.05, 0) is 43.6 Å². The Morgan fingerprint density at radius 2 is 1.90 bits per heavy atom. The van der Waals surface area contributed by atoms with Crippen LogP contribution in [0.15, 0.2) is 0 Å². The Labute approximate surface area is 124 Å². The topological polar surface area (TPSA) is 75.4 Å². The van der Waals surface area contributed by atoms with Crippen molar-refractivity contribution in [3.05, 3.63) is 0 Å². The van der Waals surface area contributed by atoms with Gasteiger partial charge in [0.05, 0.1) is 0 Å². The lowest BCUT2D eigenvalue weighted by molar-refractivity contribution is 0.235. The zero-order valence-electron chi connectivity index (χ0n) is 13.2. The van der Waals surface area contributed by atoms with Crippen LogP contribution in [0.25, 0.3) is 0 Å². The Kier molecular flexibility index (Phi) is 6.91. The lowest BCUT2D eigenvalue weighted by Crippen LogP contribution is -2.44. The van der Waals surface area contributed by atoms with Crippen LogP contribution in [0.2, 0.25) is 0 Å². The molecule has 0 aromatic rings. The molecule has 3 N–H and O–H groups in total. The molecule has 0 atom stereocenters. The standard InChI is InChI=1S/C14H31N3O2S/c1-13(2)11-14(7-4-5-8-14)12-16-20(18,19)17(3)10-6-9-15/h13,16H,4-12,15H2,1-3H3. The molecule has 0 saturated heterocycles. The maximum absolute atomic E-state index is 12.2. The van der Waals surface area contributed by atoms with Crippen molar-refractivity contribution in [2.45, 2.75) is 52.4 Å². The predicted molar refractivity (Wildman–Crippen MR) is 83.6 cm³/mol. The summed E-state index contributed by atoms with van der Waals surface area (Å²) in [6.07, 6.45) is 6.51. The average Bonchev–Trinajstić information content (AvgIpc) is 2.81. The maximum Gasteiger partial charge on any atom is 0.279 e. The minimum absolute atomic E-state index is 0.163. The minimum Gasteiger partial charge on any atom is -0.330 e. The van der Waals surface area contributed by atoms with Gasteiger partial charge in [0.2, 0.25) is 0 Å². The lowest BCUT2D eigenvalue weighted by Gasteiger charge is -2.32. The van der Waals surface area contributed by atoms with E-state index >= 15 is 0 Å². The number of nitrogens with two attached hydrogens (primary N) is 1. The molecule has 0 spiro atoms. The van der Waals surface area contributed by atoms with Crippen molar-refractivity contribution >= 4 is 10.2 Å². The first kappa shape index (κ1) is 17.9. The van der Waals surface area contributed by atoms with Crippen molar-refractivity contribution < 1.29 is 8.42 Å². The van der Waals surface area contributed by atoms with E-state index in [4.69, 9.17) is 5.73 Å². The summed E-state index contributed by atoms with van der Waals surface area (Å²) in [6, 6.07) is 0. The number of nitrogens with zero attached hydrogens (tertiary/aromatic N) is 1. The van der Waals surface area contributed by atoms with Crippen molar-refractivity contribution in [2.75, 3.05) is 26.7 Å². The Morgan fingerprint density at radius 1 is 1.30 bits per heavy atom. The van der Waals surface area contributed by atoms with Gasteiger partial charge in [-0.25, -0.2) is 4.72 Å². The lowest BCUT2D eigenvalue weighted by atomic mass is 9.79. The molecule has 0 radical (unpaired) electrons. The fourth-order valence-corrected chi connectivity index (χ4v) is 4.31. The highest BCUT2D eigenvalue weighted by Crippen LogP contribution is 2.42. The molecule has 0 heterocycles. The average molecular weight is 305 g/mol. The van der Waals surface area contributed by atoms with Crippen molar-refractivity contribution in [1.82, 2.24) is 9.03 Å². The van der Waals surface area contributed by atoms with Gasteiger partial charge in [0.15, 0.2) is 0 Å². The van der Waals surface area contributed by atoms with Crippen LogP contribution in [0.5, 0.6) is 0 Å². The smallest absolute Gasteiger partial charge is 0.279 e. The van der Waals surface area contributed by atoms with E-state index in [0.29, 0.717) is 32.0 Å². The SMILES string of the molecule is CC(C)CC1(CNS(=O)(=O)N(C)CCCN)CCCC1. The van der Waals surface area contributed by atoms with Crippen LogP contribution in [-0.2, 0) is 10.2 Å². The fraction of sp³-hybridized carbons (Fsp3) is 1.00. The summed E-state index contributed by atoms with van der Waals surface area (Å²) in [5.41, 5.74) is 5.59. The van der Waals surface area contributed by atoms with E-state index in [1.54, 1.807) is 7.05 Å². The molecule has 0 amide bonds. The molecule has 20 heavy (non-hydrogen) atoms. The molecule has 1 rings (SSSR count).